The van der Waals surface area contributed by atoms with E-state index in [4.69, 9.17) is 5.73 Å². The van der Waals surface area contributed by atoms with Crippen molar-refractivity contribution in [1.82, 2.24) is 4.90 Å². The molecule has 102 valence electrons. The maximum atomic E-state index is 12.3. The number of carbonyl (C=O) groups is 1. The van der Waals surface area contributed by atoms with E-state index in [1.165, 1.54) is 0 Å². The van der Waals surface area contributed by atoms with Crippen molar-refractivity contribution >= 4 is 5.91 Å². The van der Waals surface area contributed by atoms with Crippen molar-refractivity contribution < 1.29 is 18.0 Å². The zero-order chi connectivity index (χ0) is 13.5. The Morgan fingerprint density at radius 3 is 2.35 bits per heavy atom. The molecule has 0 heterocycles. The van der Waals surface area contributed by atoms with Gasteiger partial charge in [-0.3, -0.25) is 4.79 Å². The van der Waals surface area contributed by atoms with Crippen LogP contribution in [-0.2, 0) is 4.79 Å². The second-order valence-corrected chi connectivity index (χ2v) is 4.16. The van der Waals surface area contributed by atoms with Crippen LogP contribution in [0.15, 0.2) is 0 Å². The van der Waals surface area contributed by atoms with Crippen LogP contribution < -0.4 is 5.73 Å². The number of hydrogen-bond acceptors (Lipinski definition) is 2. The molecule has 17 heavy (non-hydrogen) atoms. The van der Waals surface area contributed by atoms with Gasteiger partial charge in [0.2, 0.25) is 5.91 Å². The fraction of sp³-hybridized carbons (Fsp3) is 0.909. The molecule has 0 saturated carbocycles. The van der Waals surface area contributed by atoms with E-state index in [9.17, 15) is 18.0 Å². The lowest BCUT2D eigenvalue weighted by molar-refractivity contribution is -0.161. The predicted octanol–water partition coefficient (Wildman–Crippen LogP) is 2.30. The normalized spacial score (nSPS) is 13.5. The van der Waals surface area contributed by atoms with E-state index in [1.807, 2.05) is 6.92 Å². The smallest absolute Gasteiger partial charge is 0.334 e. The molecule has 0 aliphatic rings. The van der Waals surface area contributed by atoms with E-state index in [1.54, 1.807) is 6.92 Å². The largest absolute Gasteiger partial charge is 0.406 e. The first-order chi connectivity index (χ1) is 7.80. The summed E-state index contributed by atoms with van der Waals surface area (Å²) in [4.78, 5) is 12.5. The zero-order valence-electron chi connectivity index (χ0n) is 10.4. The lowest BCUT2D eigenvalue weighted by Crippen LogP contribution is -2.41. The maximum Gasteiger partial charge on any atom is 0.406 e. The number of rotatable bonds is 7. The van der Waals surface area contributed by atoms with Crippen molar-refractivity contribution in [3.63, 3.8) is 0 Å². The first-order valence-electron chi connectivity index (χ1n) is 5.90. The minimum atomic E-state index is -4.35. The molecule has 2 N–H and O–H groups in total. The fourth-order valence-corrected chi connectivity index (χ4v) is 1.36. The molecule has 0 radical (unpaired) electrons. The van der Waals surface area contributed by atoms with E-state index in [0.29, 0.717) is 12.8 Å². The molecular weight excluding hydrogens is 233 g/mol. The number of alkyl halides is 3. The summed E-state index contributed by atoms with van der Waals surface area (Å²) in [6.45, 7) is 2.64. The molecule has 0 aromatic carbocycles. The Hall–Kier alpha value is -0.780. The molecular formula is C11H21F3N2O. The first kappa shape index (κ1) is 16.2. The lowest BCUT2D eigenvalue weighted by Gasteiger charge is -2.25. The Morgan fingerprint density at radius 2 is 1.94 bits per heavy atom. The number of carbonyl (C=O) groups excluding carboxylic acids is 1. The summed E-state index contributed by atoms with van der Waals surface area (Å²) < 4.78 is 36.9. The number of nitrogens with zero attached hydrogens (tertiary/aromatic N) is 1. The van der Waals surface area contributed by atoms with E-state index < -0.39 is 18.6 Å². The van der Waals surface area contributed by atoms with E-state index >= 15 is 0 Å². The molecule has 1 amide bonds. The lowest BCUT2D eigenvalue weighted by atomic mass is 10.1. The molecule has 1 atom stereocenters. The third-order valence-electron chi connectivity index (χ3n) is 2.47. The Labute approximate surface area is 100 Å². The monoisotopic (exact) mass is 254 g/mol. The third kappa shape index (κ3) is 8.01. The maximum absolute atomic E-state index is 12.3. The predicted molar refractivity (Wildman–Crippen MR) is 60.4 cm³/mol. The number of unbranched alkanes of at least 4 members (excludes halogenated alkanes) is 1. The van der Waals surface area contributed by atoms with Crippen molar-refractivity contribution in [2.45, 2.75) is 51.7 Å². The number of nitrogens with two attached hydrogens (primary N) is 1. The summed E-state index contributed by atoms with van der Waals surface area (Å²) in [5.41, 5.74) is 5.58. The summed E-state index contributed by atoms with van der Waals surface area (Å²) in [6.07, 6.45) is -2.46. The molecule has 0 fully saturated rings. The van der Waals surface area contributed by atoms with Gasteiger partial charge < -0.3 is 10.6 Å². The third-order valence-corrected chi connectivity index (χ3v) is 2.47. The minimum Gasteiger partial charge on any atom is -0.334 e. The van der Waals surface area contributed by atoms with Gasteiger partial charge in [-0.15, -0.1) is 0 Å². The Bertz CT molecular complexity index is 231. The van der Waals surface area contributed by atoms with Gasteiger partial charge in [0.05, 0.1) is 0 Å². The molecule has 0 rings (SSSR count). The Morgan fingerprint density at radius 1 is 1.35 bits per heavy atom. The molecule has 0 aliphatic heterocycles. The molecule has 0 aliphatic carbocycles. The average Bonchev–Trinajstić information content (AvgIpc) is 2.22. The first-order valence-corrected chi connectivity index (χ1v) is 5.90. The van der Waals surface area contributed by atoms with Crippen LogP contribution in [0.1, 0.15) is 39.5 Å². The highest BCUT2D eigenvalue weighted by molar-refractivity contribution is 5.76. The fourth-order valence-electron chi connectivity index (χ4n) is 1.36. The van der Waals surface area contributed by atoms with Crippen LogP contribution in [0.3, 0.4) is 0 Å². The van der Waals surface area contributed by atoms with Gasteiger partial charge in [-0.2, -0.15) is 13.2 Å². The van der Waals surface area contributed by atoms with Gasteiger partial charge in [-0.25, -0.2) is 0 Å². The van der Waals surface area contributed by atoms with Gasteiger partial charge in [0.15, 0.2) is 0 Å². The molecule has 0 aromatic rings. The van der Waals surface area contributed by atoms with Gasteiger partial charge in [0, 0.05) is 19.0 Å². The van der Waals surface area contributed by atoms with Crippen molar-refractivity contribution in [2.75, 3.05) is 13.1 Å². The topological polar surface area (TPSA) is 46.3 Å². The molecule has 6 heteroatoms. The van der Waals surface area contributed by atoms with Gasteiger partial charge in [0.1, 0.15) is 6.54 Å². The summed E-state index contributed by atoms with van der Waals surface area (Å²) in [5.74, 6) is -0.509. The van der Waals surface area contributed by atoms with Crippen LogP contribution in [0.4, 0.5) is 13.2 Å². The van der Waals surface area contributed by atoms with Crippen LogP contribution in [-0.4, -0.2) is 36.1 Å². The van der Waals surface area contributed by atoms with Crippen molar-refractivity contribution in [1.29, 1.82) is 0 Å². The van der Waals surface area contributed by atoms with Crippen LogP contribution in [0.25, 0.3) is 0 Å². The van der Waals surface area contributed by atoms with Crippen molar-refractivity contribution in [2.24, 2.45) is 5.73 Å². The van der Waals surface area contributed by atoms with Crippen molar-refractivity contribution in [3.05, 3.63) is 0 Å². The average molecular weight is 254 g/mol. The summed E-state index contributed by atoms with van der Waals surface area (Å²) in [6, 6.07) is -0.361. The summed E-state index contributed by atoms with van der Waals surface area (Å²) >= 11 is 0. The minimum absolute atomic E-state index is 0.0176. The molecule has 0 bridgehead atoms. The quantitative estimate of drug-likeness (QED) is 0.757. The van der Waals surface area contributed by atoms with Gasteiger partial charge in [-0.1, -0.05) is 20.3 Å². The van der Waals surface area contributed by atoms with Crippen LogP contribution in [0, 0.1) is 0 Å². The molecule has 3 nitrogen and oxygen atoms in total. The highest BCUT2D eigenvalue weighted by Gasteiger charge is 2.32. The van der Waals surface area contributed by atoms with Crippen LogP contribution >= 0.6 is 0 Å². The molecule has 1 unspecified atom stereocenters. The Kier molecular flexibility index (Phi) is 7.18. The molecule has 0 aromatic heterocycles. The molecule has 0 saturated heterocycles. The second-order valence-electron chi connectivity index (χ2n) is 4.16. The standard InChI is InChI=1S/C11H21F3N2O/c1-3-5-6-16(8-11(12,13)14)10(17)7-9(15)4-2/h9H,3-8,15H2,1-2H3. The highest BCUT2D eigenvalue weighted by atomic mass is 19.4. The van der Waals surface area contributed by atoms with Gasteiger partial charge in [-0.05, 0) is 12.8 Å². The number of hydrogen-bond donors (Lipinski definition) is 1. The number of amides is 1. The van der Waals surface area contributed by atoms with Crippen molar-refractivity contribution in [3.8, 4) is 0 Å². The second kappa shape index (κ2) is 7.53. The molecule has 0 spiro atoms. The van der Waals surface area contributed by atoms with E-state index in [2.05, 4.69) is 0 Å². The van der Waals surface area contributed by atoms with Gasteiger partial charge in [0.25, 0.3) is 0 Å². The highest BCUT2D eigenvalue weighted by Crippen LogP contribution is 2.17. The van der Waals surface area contributed by atoms with Gasteiger partial charge >= 0.3 is 6.18 Å². The van der Waals surface area contributed by atoms with E-state index in [0.717, 1.165) is 11.3 Å². The number of halogens is 3. The Balaban J connectivity index is 4.39. The SMILES string of the molecule is CCCCN(CC(F)(F)F)C(=O)CC(N)CC. The summed E-state index contributed by atoms with van der Waals surface area (Å²) in [5, 5.41) is 0. The van der Waals surface area contributed by atoms with Crippen LogP contribution in [0.5, 0.6) is 0 Å². The van der Waals surface area contributed by atoms with Crippen LogP contribution in [0.2, 0.25) is 0 Å². The van der Waals surface area contributed by atoms with E-state index in [-0.39, 0.29) is 19.0 Å². The zero-order valence-corrected chi connectivity index (χ0v) is 10.4. The summed E-state index contributed by atoms with van der Waals surface area (Å²) in [7, 11) is 0.